The largest absolute Gasteiger partial charge is 0.378 e. The third-order valence-electron chi connectivity index (χ3n) is 6.05. The molecule has 2 aliphatic heterocycles. The molecule has 1 atom stereocenters. The molecule has 1 saturated heterocycles. The number of nitrogens with zero attached hydrogens (tertiary/aromatic N) is 9. The molecule has 37 heavy (non-hydrogen) atoms. The number of fused-ring (bicyclic) bond motifs is 1. The highest BCUT2D eigenvalue weighted by Gasteiger charge is 2.34. The van der Waals surface area contributed by atoms with Crippen molar-refractivity contribution in [1.29, 1.82) is 0 Å². The molecule has 196 valence electrons. The summed E-state index contributed by atoms with van der Waals surface area (Å²) in [4.78, 5) is 30.7. The topological polar surface area (TPSA) is 135 Å². The SMILES string of the molecule is CN(C)CCNC1=NCC(N)(c2nc(N3CCOCC3)nc(-n3c(C(F)F)nc4ccccc43)n2)C=N1. The van der Waals surface area contributed by atoms with E-state index in [-0.39, 0.29) is 18.3 Å². The summed E-state index contributed by atoms with van der Waals surface area (Å²) in [7, 11) is 3.96. The molecule has 0 spiro atoms. The molecule has 0 aliphatic carbocycles. The van der Waals surface area contributed by atoms with E-state index in [1.165, 1.54) is 4.57 Å². The molecule has 1 unspecified atom stereocenters. The standard InChI is InChI=1S/C23H29F2N11O/c1-34(2)8-7-27-20-28-13-23(26,14-29-20)19-31-21(35-9-11-37-12-10-35)33-22(32-19)36-16-6-4-3-5-15(16)30-18(36)17(24)25/h3-6,13,17H,7-12,14,26H2,1-2H3,(H,27,29). The third kappa shape index (κ3) is 5.26. The van der Waals surface area contributed by atoms with E-state index in [1.54, 1.807) is 30.5 Å². The number of imidazole rings is 1. The van der Waals surface area contributed by atoms with Gasteiger partial charge in [0.2, 0.25) is 17.9 Å². The average molecular weight is 514 g/mol. The summed E-state index contributed by atoms with van der Waals surface area (Å²) >= 11 is 0. The van der Waals surface area contributed by atoms with Gasteiger partial charge in [-0.2, -0.15) is 15.0 Å². The van der Waals surface area contributed by atoms with Crippen LogP contribution in [0.15, 0.2) is 34.3 Å². The van der Waals surface area contributed by atoms with Crippen molar-refractivity contribution in [1.82, 2.24) is 34.7 Å². The summed E-state index contributed by atoms with van der Waals surface area (Å²) in [6.07, 6.45) is -1.30. The lowest BCUT2D eigenvalue weighted by Gasteiger charge is -2.29. The van der Waals surface area contributed by atoms with Gasteiger partial charge in [0.05, 0.1) is 30.8 Å². The number of hydrogen-bond donors (Lipinski definition) is 2. The second-order valence-electron chi connectivity index (χ2n) is 9.12. The summed E-state index contributed by atoms with van der Waals surface area (Å²) in [5.74, 6) is 0.508. The fourth-order valence-electron chi connectivity index (χ4n) is 4.05. The molecule has 14 heteroatoms. The number of likely N-dealkylation sites (N-methyl/N-ethyl adjacent to an activating group) is 1. The number of hydrogen-bond acceptors (Lipinski definition) is 11. The van der Waals surface area contributed by atoms with E-state index in [9.17, 15) is 8.78 Å². The van der Waals surface area contributed by atoms with Gasteiger partial charge in [-0.15, -0.1) is 0 Å². The lowest BCUT2D eigenvalue weighted by molar-refractivity contribution is 0.122. The normalized spacial score (nSPS) is 20.2. The lowest BCUT2D eigenvalue weighted by atomic mass is 10.0. The van der Waals surface area contributed by atoms with E-state index >= 15 is 0 Å². The third-order valence-corrected chi connectivity index (χ3v) is 6.05. The van der Waals surface area contributed by atoms with Gasteiger partial charge in [0, 0.05) is 32.4 Å². The minimum absolute atomic E-state index is 0.00704. The van der Waals surface area contributed by atoms with Gasteiger partial charge < -0.3 is 25.6 Å². The van der Waals surface area contributed by atoms with Crippen LogP contribution in [0.4, 0.5) is 14.7 Å². The van der Waals surface area contributed by atoms with Crippen LogP contribution < -0.4 is 16.0 Å². The van der Waals surface area contributed by atoms with Crippen LogP contribution in [0, 0.1) is 0 Å². The number of guanidine groups is 1. The number of benzene rings is 1. The zero-order chi connectivity index (χ0) is 26.0. The number of aromatic nitrogens is 5. The fraction of sp³-hybridized carbons (Fsp3) is 0.478. The Labute approximate surface area is 212 Å². The minimum atomic E-state index is -2.84. The van der Waals surface area contributed by atoms with Gasteiger partial charge in [-0.3, -0.25) is 4.57 Å². The number of nitrogens with two attached hydrogens (primary N) is 1. The maximum Gasteiger partial charge on any atom is 0.296 e. The molecule has 2 aliphatic rings. The molecule has 0 amide bonds. The van der Waals surface area contributed by atoms with Gasteiger partial charge in [-0.25, -0.2) is 23.7 Å². The van der Waals surface area contributed by atoms with E-state index in [4.69, 9.17) is 10.5 Å². The Hall–Kier alpha value is -3.62. The summed E-state index contributed by atoms with van der Waals surface area (Å²) in [5.41, 5.74) is 6.30. The van der Waals surface area contributed by atoms with Crippen LogP contribution >= 0.6 is 0 Å². The van der Waals surface area contributed by atoms with Crippen LogP contribution in [0.1, 0.15) is 18.1 Å². The Morgan fingerprint density at radius 1 is 1.11 bits per heavy atom. The van der Waals surface area contributed by atoms with Crippen molar-refractivity contribution < 1.29 is 13.5 Å². The number of anilines is 1. The van der Waals surface area contributed by atoms with Crippen molar-refractivity contribution in [2.24, 2.45) is 15.7 Å². The molecule has 0 saturated carbocycles. The van der Waals surface area contributed by atoms with Gasteiger partial charge in [-0.05, 0) is 26.2 Å². The Balaban J connectivity index is 1.56. The number of ether oxygens (including phenoxy) is 1. The second-order valence-corrected chi connectivity index (χ2v) is 9.12. The van der Waals surface area contributed by atoms with Gasteiger partial charge in [-0.1, -0.05) is 12.1 Å². The highest BCUT2D eigenvalue weighted by atomic mass is 19.3. The van der Waals surface area contributed by atoms with Gasteiger partial charge in [0.1, 0.15) is 5.54 Å². The number of nitrogens with one attached hydrogen (secondary N) is 1. The van der Waals surface area contributed by atoms with E-state index < -0.39 is 17.8 Å². The molecule has 1 fully saturated rings. The number of para-hydroxylation sites is 2. The van der Waals surface area contributed by atoms with Crippen LogP contribution in [0.5, 0.6) is 0 Å². The zero-order valence-corrected chi connectivity index (χ0v) is 20.7. The smallest absolute Gasteiger partial charge is 0.296 e. The van der Waals surface area contributed by atoms with Crippen molar-refractivity contribution in [2.45, 2.75) is 12.0 Å². The van der Waals surface area contributed by atoms with Crippen molar-refractivity contribution in [3.8, 4) is 5.95 Å². The zero-order valence-electron chi connectivity index (χ0n) is 20.7. The highest BCUT2D eigenvalue weighted by Crippen LogP contribution is 2.28. The maximum absolute atomic E-state index is 14.1. The Bertz CT molecular complexity index is 1320. The average Bonchev–Trinajstić information content (AvgIpc) is 3.30. The molecule has 3 aromatic rings. The van der Waals surface area contributed by atoms with E-state index in [2.05, 4.69) is 35.2 Å². The molecule has 3 N–H and O–H groups in total. The van der Waals surface area contributed by atoms with Crippen LogP contribution in [0.2, 0.25) is 0 Å². The first-order valence-electron chi connectivity index (χ1n) is 12.0. The van der Waals surface area contributed by atoms with Crippen LogP contribution in [0.25, 0.3) is 17.0 Å². The molecule has 0 radical (unpaired) electrons. The number of rotatable bonds is 7. The predicted octanol–water partition coefficient (Wildman–Crippen LogP) is 0.730. The van der Waals surface area contributed by atoms with Gasteiger partial charge >= 0.3 is 0 Å². The summed E-state index contributed by atoms with van der Waals surface area (Å²) in [5, 5.41) is 3.16. The van der Waals surface area contributed by atoms with E-state index in [1.807, 2.05) is 23.9 Å². The second kappa shape index (κ2) is 10.4. The quantitative estimate of drug-likeness (QED) is 0.469. The Morgan fingerprint density at radius 2 is 1.86 bits per heavy atom. The number of aliphatic imine (C=N–C) groups is 2. The van der Waals surface area contributed by atoms with Crippen LogP contribution in [0.3, 0.4) is 0 Å². The Morgan fingerprint density at radius 3 is 2.57 bits per heavy atom. The predicted molar refractivity (Wildman–Crippen MR) is 136 cm³/mol. The van der Waals surface area contributed by atoms with Crippen LogP contribution in [-0.4, -0.2) is 102 Å². The first-order valence-corrected chi connectivity index (χ1v) is 12.0. The molecule has 4 heterocycles. The van der Waals surface area contributed by atoms with Crippen molar-refractivity contribution in [3.05, 3.63) is 35.9 Å². The summed E-state index contributed by atoms with van der Waals surface area (Å²) in [6.45, 7) is 3.68. The van der Waals surface area contributed by atoms with Crippen molar-refractivity contribution in [2.75, 3.05) is 64.9 Å². The first kappa shape index (κ1) is 25.0. The van der Waals surface area contributed by atoms with Gasteiger partial charge in [0.25, 0.3) is 6.43 Å². The Kier molecular flexibility index (Phi) is 7.04. The molecule has 0 bridgehead atoms. The highest BCUT2D eigenvalue weighted by molar-refractivity contribution is 5.93. The maximum atomic E-state index is 14.1. The molecule has 2 aromatic heterocycles. The first-order chi connectivity index (χ1) is 17.8. The number of alkyl halides is 2. The van der Waals surface area contributed by atoms with E-state index in [0.29, 0.717) is 55.8 Å². The van der Waals surface area contributed by atoms with Crippen molar-refractivity contribution >= 4 is 29.2 Å². The minimum Gasteiger partial charge on any atom is -0.378 e. The fourth-order valence-corrected chi connectivity index (χ4v) is 4.05. The number of morpholine rings is 1. The van der Waals surface area contributed by atoms with Crippen molar-refractivity contribution in [3.63, 3.8) is 0 Å². The summed E-state index contributed by atoms with van der Waals surface area (Å²) in [6, 6.07) is 6.85. The molecule has 1 aromatic carbocycles. The molecule has 5 rings (SSSR count). The number of halogens is 2. The van der Waals surface area contributed by atoms with E-state index in [0.717, 1.165) is 6.54 Å². The lowest BCUT2D eigenvalue weighted by Crippen LogP contribution is -2.48. The van der Waals surface area contributed by atoms with Crippen LogP contribution in [-0.2, 0) is 10.3 Å². The molecule has 12 nitrogen and oxygen atoms in total. The molecular weight excluding hydrogens is 484 g/mol. The van der Waals surface area contributed by atoms with Gasteiger partial charge in [0.15, 0.2) is 11.6 Å². The molecular formula is C23H29F2N11O. The monoisotopic (exact) mass is 513 g/mol. The summed E-state index contributed by atoms with van der Waals surface area (Å²) < 4.78 is 34.9.